The molecule has 3 rings (SSSR count). The van der Waals surface area contributed by atoms with Crippen molar-refractivity contribution < 1.29 is 5.11 Å². The van der Waals surface area contributed by atoms with E-state index in [2.05, 4.69) is 38.9 Å². The number of aliphatic hydroxyl groups is 1. The number of piperidine rings is 2. The quantitative estimate of drug-likeness (QED) is 0.841. The van der Waals surface area contributed by atoms with Crippen LogP contribution >= 0.6 is 0 Å². The summed E-state index contributed by atoms with van der Waals surface area (Å²) in [5.74, 6) is 1.80. The number of β-amino-alcohol motifs (C(OH)–C–C–N with tert-alkyl or cyclic N) is 1. The van der Waals surface area contributed by atoms with E-state index in [1.54, 1.807) is 6.20 Å². The normalized spacial score (nSPS) is 24.6. The molecular formula is C19H33N5O. The predicted molar refractivity (Wildman–Crippen MR) is 101 cm³/mol. The SMILES string of the molecule is CC1CCN(C[C@@H](O)CN(C)[C@H]2CCCN(c3cccnn3)C2)CC1. The van der Waals surface area contributed by atoms with Crippen molar-refractivity contribution in [3.05, 3.63) is 18.3 Å². The molecule has 2 atom stereocenters. The van der Waals surface area contributed by atoms with E-state index in [9.17, 15) is 5.11 Å². The maximum absolute atomic E-state index is 10.5. The van der Waals surface area contributed by atoms with Crippen LogP contribution in [0.3, 0.4) is 0 Å². The zero-order valence-corrected chi connectivity index (χ0v) is 15.7. The summed E-state index contributed by atoms with van der Waals surface area (Å²) in [7, 11) is 2.15. The first-order chi connectivity index (χ1) is 12.1. The van der Waals surface area contributed by atoms with Crippen LogP contribution in [0, 0.1) is 5.92 Å². The maximum Gasteiger partial charge on any atom is 0.151 e. The molecule has 25 heavy (non-hydrogen) atoms. The van der Waals surface area contributed by atoms with Crippen molar-refractivity contribution in [2.75, 3.05) is 51.2 Å². The Kier molecular flexibility index (Phi) is 6.62. The molecule has 0 bridgehead atoms. The zero-order valence-electron chi connectivity index (χ0n) is 15.7. The lowest BCUT2D eigenvalue weighted by Gasteiger charge is -2.39. The van der Waals surface area contributed by atoms with E-state index in [1.165, 1.54) is 19.3 Å². The largest absolute Gasteiger partial charge is 0.390 e. The van der Waals surface area contributed by atoms with Gasteiger partial charge in [-0.2, -0.15) is 5.10 Å². The average Bonchev–Trinajstić information content (AvgIpc) is 2.64. The van der Waals surface area contributed by atoms with Gasteiger partial charge in [-0.25, -0.2) is 0 Å². The number of aliphatic hydroxyl groups excluding tert-OH is 1. The molecule has 6 heteroatoms. The van der Waals surface area contributed by atoms with Crippen LogP contribution in [0.1, 0.15) is 32.6 Å². The van der Waals surface area contributed by atoms with Gasteiger partial charge in [-0.3, -0.25) is 4.90 Å². The molecule has 0 aliphatic carbocycles. The fourth-order valence-electron chi connectivity index (χ4n) is 4.07. The Morgan fingerprint density at radius 3 is 2.80 bits per heavy atom. The van der Waals surface area contributed by atoms with Crippen molar-refractivity contribution in [1.82, 2.24) is 20.0 Å². The van der Waals surface area contributed by atoms with Gasteiger partial charge in [-0.15, -0.1) is 5.10 Å². The standard InChI is InChI=1S/C19H33N5O/c1-16-7-11-23(12-8-16)15-18(25)14-22(2)17-5-4-10-24(13-17)19-6-3-9-20-21-19/h3,6,9,16-18,25H,4-5,7-8,10-15H2,1-2H3/t17-,18-/m0/s1. The van der Waals surface area contributed by atoms with Crippen LogP contribution in [-0.4, -0.2) is 83.6 Å². The van der Waals surface area contributed by atoms with Crippen LogP contribution in [-0.2, 0) is 0 Å². The van der Waals surface area contributed by atoms with Crippen LogP contribution in [0.25, 0.3) is 0 Å². The second-order valence-corrected chi connectivity index (χ2v) is 7.90. The minimum atomic E-state index is -0.273. The fraction of sp³-hybridized carbons (Fsp3) is 0.789. The van der Waals surface area contributed by atoms with Crippen molar-refractivity contribution in [3.63, 3.8) is 0 Å². The highest BCUT2D eigenvalue weighted by Crippen LogP contribution is 2.20. The number of likely N-dealkylation sites (tertiary alicyclic amines) is 1. The Balaban J connectivity index is 1.46. The third kappa shape index (κ3) is 5.36. The molecule has 1 N–H and O–H groups in total. The smallest absolute Gasteiger partial charge is 0.151 e. The summed E-state index contributed by atoms with van der Waals surface area (Å²) in [5.41, 5.74) is 0. The first kappa shape index (κ1) is 18.5. The number of aromatic nitrogens is 2. The Morgan fingerprint density at radius 2 is 2.08 bits per heavy atom. The summed E-state index contributed by atoms with van der Waals surface area (Å²) >= 11 is 0. The monoisotopic (exact) mass is 347 g/mol. The third-order valence-electron chi connectivity index (χ3n) is 5.75. The molecular weight excluding hydrogens is 314 g/mol. The third-order valence-corrected chi connectivity index (χ3v) is 5.75. The number of hydrogen-bond donors (Lipinski definition) is 1. The minimum Gasteiger partial charge on any atom is -0.390 e. The van der Waals surface area contributed by atoms with Gasteiger partial charge in [0.05, 0.1) is 6.10 Å². The number of likely N-dealkylation sites (N-methyl/N-ethyl adjacent to an activating group) is 1. The van der Waals surface area contributed by atoms with Crippen molar-refractivity contribution in [3.8, 4) is 0 Å². The summed E-state index contributed by atoms with van der Waals surface area (Å²) in [4.78, 5) is 7.07. The zero-order chi connectivity index (χ0) is 17.6. The van der Waals surface area contributed by atoms with Gasteiger partial charge in [0.1, 0.15) is 0 Å². The van der Waals surface area contributed by atoms with Gasteiger partial charge in [0.25, 0.3) is 0 Å². The summed E-state index contributed by atoms with van der Waals surface area (Å²) in [6, 6.07) is 4.44. The first-order valence-corrected chi connectivity index (χ1v) is 9.75. The van der Waals surface area contributed by atoms with E-state index >= 15 is 0 Å². The van der Waals surface area contributed by atoms with Gasteiger partial charge in [0.2, 0.25) is 0 Å². The molecule has 0 saturated carbocycles. The van der Waals surface area contributed by atoms with Gasteiger partial charge in [-0.05, 0) is 63.9 Å². The van der Waals surface area contributed by atoms with Crippen LogP contribution in [0.5, 0.6) is 0 Å². The summed E-state index contributed by atoms with van der Waals surface area (Å²) in [5, 5.41) is 18.8. The lowest BCUT2D eigenvalue weighted by atomic mass is 9.99. The fourth-order valence-corrected chi connectivity index (χ4v) is 4.07. The lowest BCUT2D eigenvalue weighted by Crippen LogP contribution is -2.50. The lowest BCUT2D eigenvalue weighted by molar-refractivity contribution is 0.0547. The highest BCUT2D eigenvalue weighted by Gasteiger charge is 2.26. The molecule has 0 spiro atoms. The molecule has 2 saturated heterocycles. The van der Waals surface area contributed by atoms with E-state index in [4.69, 9.17) is 0 Å². The highest BCUT2D eigenvalue weighted by molar-refractivity contribution is 5.37. The summed E-state index contributed by atoms with van der Waals surface area (Å²) in [6.45, 7) is 8.13. The van der Waals surface area contributed by atoms with Crippen molar-refractivity contribution in [2.24, 2.45) is 5.92 Å². The average molecular weight is 348 g/mol. The van der Waals surface area contributed by atoms with Crippen molar-refractivity contribution in [2.45, 2.75) is 44.8 Å². The van der Waals surface area contributed by atoms with E-state index in [0.29, 0.717) is 6.04 Å². The molecule has 2 aliphatic rings. The van der Waals surface area contributed by atoms with Crippen LogP contribution in [0.4, 0.5) is 5.82 Å². The van der Waals surface area contributed by atoms with Gasteiger partial charge in [-0.1, -0.05) is 6.92 Å². The van der Waals surface area contributed by atoms with Crippen molar-refractivity contribution in [1.29, 1.82) is 0 Å². The molecule has 0 amide bonds. The summed E-state index contributed by atoms with van der Waals surface area (Å²) in [6.07, 6.45) is 6.31. The van der Waals surface area contributed by atoms with E-state index in [1.807, 2.05) is 12.1 Å². The molecule has 0 aromatic carbocycles. The Bertz CT molecular complexity index is 506. The molecule has 3 heterocycles. The number of nitrogens with zero attached hydrogens (tertiary/aromatic N) is 5. The van der Waals surface area contributed by atoms with E-state index in [0.717, 1.165) is 57.4 Å². The second-order valence-electron chi connectivity index (χ2n) is 7.90. The second kappa shape index (κ2) is 8.92. The number of anilines is 1. The molecule has 0 radical (unpaired) electrons. The molecule has 1 aromatic rings. The van der Waals surface area contributed by atoms with Gasteiger partial charge in [0, 0.05) is 38.4 Å². The van der Waals surface area contributed by atoms with Gasteiger partial charge in [0.15, 0.2) is 5.82 Å². The predicted octanol–water partition coefficient (Wildman–Crippen LogP) is 1.47. The van der Waals surface area contributed by atoms with Crippen molar-refractivity contribution >= 4 is 5.82 Å². The minimum absolute atomic E-state index is 0.273. The van der Waals surface area contributed by atoms with E-state index < -0.39 is 0 Å². The van der Waals surface area contributed by atoms with E-state index in [-0.39, 0.29) is 6.10 Å². The van der Waals surface area contributed by atoms with Crippen LogP contribution < -0.4 is 4.90 Å². The highest BCUT2D eigenvalue weighted by atomic mass is 16.3. The molecule has 140 valence electrons. The molecule has 2 fully saturated rings. The topological polar surface area (TPSA) is 55.7 Å². The molecule has 2 aliphatic heterocycles. The molecule has 1 aromatic heterocycles. The van der Waals surface area contributed by atoms with Crippen LogP contribution in [0.15, 0.2) is 18.3 Å². The van der Waals surface area contributed by atoms with Gasteiger partial charge >= 0.3 is 0 Å². The Hall–Kier alpha value is -1.24. The maximum atomic E-state index is 10.5. The molecule has 6 nitrogen and oxygen atoms in total. The molecule has 0 unspecified atom stereocenters. The number of rotatable bonds is 6. The first-order valence-electron chi connectivity index (χ1n) is 9.75. The van der Waals surface area contributed by atoms with Gasteiger partial charge < -0.3 is 14.9 Å². The number of hydrogen-bond acceptors (Lipinski definition) is 6. The Labute approximate surface area is 151 Å². The van der Waals surface area contributed by atoms with Crippen LogP contribution in [0.2, 0.25) is 0 Å². The Morgan fingerprint density at radius 1 is 1.28 bits per heavy atom. The summed E-state index contributed by atoms with van der Waals surface area (Å²) < 4.78 is 0.